The van der Waals surface area contributed by atoms with E-state index in [1.54, 1.807) is 0 Å². The predicted octanol–water partition coefficient (Wildman–Crippen LogP) is 3.47. The molecule has 56 valence electrons. The molecule has 0 heteroatoms. The maximum atomic E-state index is 2.37. The summed E-state index contributed by atoms with van der Waals surface area (Å²) in [4.78, 5) is 0. The Morgan fingerprint density at radius 2 is 1.44 bits per heavy atom. The van der Waals surface area contributed by atoms with Crippen molar-refractivity contribution in [2.75, 3.05) is 0 Å². The maximum Gasteiger partial charge on any atom is -0.0440 e. The third-order valence-corrected chi connectivity index (χ3v) is 2.20. The molecule has 0 aromatic carbocycles. The van der Waals surface area contributed by atoms with Gasteiger partial charge >= 0.3 is 0 Å². The Balaban J connectivity index is 0.000000640. The molecule has 2 atom stereocenters. The van der Waals surface area contributed by atoms with Crippen LogP contribution in [-0.4, -0.2) is 0 Å². The zero-order valence-corrected chi connectivity index (χ0v) is 5.98. The molecule has 0 aromatic heterocycles. The second-order valence-electron chi connectivity index (χ2n) is 3.38. The molecule has 2 unspecified atom stereocenters. The van der Waals surface area contributed by atoms with Gasteiger partial charge in [0.15, 0.2) is 0 Å². The van der Waals surface area contributed by atoms with Crippen LogP contribution in [0.3, 0.4) is 0 Å². The fourth-order valence-electron chi connectivity index (χ4n) is 1.74. The van der Waals surface area contributed by atoms with Crippen molar-refractivity contribution < 1.29 is 0 Å². The van der Waals surface area contributed by atoms with Gasteiger partial charge in [-0.2, -0.15) is 0 Å². The SMILES string of the molecule is C.CC1CCCC(C)C1. The molecule has 0 bridgehead atoms. The molecule has 1 fully saturated rings. The van der Waals surface area contributed by atoms with Gasteiger partial charge in [-0.05, 0) is 18.3 Å². The number of hydrogen-bond donors (Lipinski definition) is 0. The summed E-state index contributed by atoms with van der Waals surface area (Å²) in [5.74, 6) is 2.03. The molecule has 0 heterocycles. The largest absolute Gasteiger partial charge is 0.0776 e. The van der Waals surface area contributed by atoms with Gasteiger partial charge in [0.05, 0.1) is 0 Å². The van der Waals surface area contributed by atoms with Crippen molar-refractivity contribution in [1.29, 1.82) is 0 Å². The van der Waals surface area contributed by atoms with Crippen molar-refractivity contribution in [3.63, 3.8) is 0 Å². The first-order chi connectivity index (χ1) is 3.79. The highest BCUT2D eigenvalue weighted by atomic mass is 14.2. The zero-order chi connectivity index (χ0) is 5.98. The fourth-order valence-corrected chi connectivity index (χ4v) is 1.74. The lowest BCUT2D eigenvalue weighted by Gasteiger charge is -2.22. The van der Waals surface area contributed by atoms with E-state index in [4.69, 9.17) is 0 Å². The summed E-state index contributed by atoms with van der Waals surface area (Å²) < 4.78 is 0. The van der Waals surface area contributed by atoms with E-state index in [-0.39, 0.29) is 7.43 Å². The van der Waals surface area contributed by atoms with Crippen LogP contribution in [0.25, 0.3) is 0 Å². The van der Waals surface area contributed by atoms with Crippen LogP contribution in [0, 0.1) is 11.8 Å². The van der Waals surface area contributed by atoms with Crippen LogP contribution < -0.4 is 0 Å². The summed E-state index contributed by atoms with van der Waals surface area (Å²) in [7, 11) is 0. The summed E-state index contributed by atoms with van der Waals surface area (Å²) in [6.45, 7) is 4.74. The van der Waals surface area contributed by atoms with Crippen LogP contribution in [-0.2, 0) is 0 Å². The van der Waals surface area contributed by atoms with Gasteiger partial charge in [0.25, 0.3) is 0 Å². The van der Waals surface area contributed by atoms with E-state index in [1.807, 2.05) is 0 Å². The Hall–Kier alpha value is 0. The Morgan fingerprint density at radius 3 is 1.67 bits per heavy atom. The minimum atomic E-state index is 0. The van der Waals surface area contributed by atoms with Gasteiger partial charge in [0.1, 0.15) is 0 Å². The fraction of sp³-hybridized carbons (Fsp3) is 1.00. The van der Waals surface area contributed by atoms with E-state index in [1.165, 1.54) is 25.7 Å². The summed E-state index contributed by atoms with van der Waals surface area (Å²) in [5.41, 5.74) is 0. The average molecular weight is 128 g/mol. The number of rotatable bonds is 0. The van der Waals surface area contributed by atoms with E-state index < -0.39 is 0 Å². The summed E-state index contributed by atoms with van der Waals surface area (Å²) >= 11 is 0. The van der Waals surface area contributed by atoms with Crippen LogP contribution in [0.15, 0.2) is 0 Å². The van der Waals surface area contributed by atoms with Gasteiger partial charge in [0, 0.05) is 0 Å². The van der Waals surface area contributed by atoms with E-state index in [9.17, 15) is 0 Å². The standard InChI is InChI=1S/C8H16.CH4/c1-7-4-3-5-8(2)6-7;/h7-8H,3-6H2,1-2H3;1H4. The molecule has 1 rings (SSSR count). The third-order valence-electron chi connectivity index (χ3n) is 2.20. The summed E-state index contributed by atoms with van der Waals surface area (Å²) in [6, 6.07) is 0. The Morgan fingerprint density at radius 1 is 1.00 bits per heavy atom. The molecule has 0 radical (unpaired) electrons. The van der Waals surface area contributed by atoms with Gasteiger partial charge in [0.2, 0.25) is 0 Å². The van der Waals surface area contributed by atoms with Crippen molar-refractivity contribution >= 4 is 0 Å². The summed E-state index contributed by atoms with van der Waals surface area (Å²) in [6.07, 6.45) is 5.90. The van der Waals surface area contributed by atoms with Gasteiger partial charge < -0.3 is 0 Å². The van der Waals surface area contributed by atoms with Crippen LogP contribution in [0.5, 0.6) is 0 Å². The minimum absolute atomic E-state index is 0. The first-order valence-electron chi connectivity index (χ1n) is 3.79. The zero-order valence-electron chi connectivity index (χ0n) is 5.98. The Labute approximate surface area is 59.7 Å². The average Bonchev–Trinajstić information content (AvgIpc) is 1.64. The lowest BCUT2D eigenvalue weighted by molar-refractivity contribution is 0.301. The van der Waals surface area contributed by atoms with Gasteiger partial charge in [-0.3, -0.25) is 0 Å². The minimum Gasteiger partial charge on any atom is -0.0776 e. The van der Waals surface area contributed by atoms with Crippen molar-refractivity contribution in [3.8, 4) is 0 Å². The molecule has 1 aliphatic carbocycles. The lowest BCUT2D eigenvalue weighted by Crippen LogP contribution is -2.09. The molecule has 0 N–H and O–H groups in total. The molecular formula is C9H20. The molecular weight excluding hydrogens is 108 g/mol. The highest BCUT2D eigenvalue weighted by molar-refractivity contribution is 4.66. The van der Waals surface area contributed by atoms with Gasteiger partial charge in [-0.1, -0.05) is 40.5 Å². The molecule has 0 spiro atoms. The van der Waals surface area contributed by atoms with Crippen molar-refractivity contribution in [2.45, 2.75) is 47.0 Å². The molecule has 0 saturated heterocycles. The Bertz CT molecular complexity index is 58.4. The second kappa shape index (κ2) is 3.92. The van der Waals surface area contributed by atoms with Gasteiger partial charge in [-0.25, -0.2) is 0 Å². The molecule has 0 amide bonds. The van der Waals surface area contributed by atoms with Crippen LogP contribution in [0.2, 0.25) is 0 Å². The predicted molar refractivity (Wildman–Crippen MR) is 43.5 cm³/mol. The first-order valence-corrected chi connectivity index (χ1v) is 3.79. The molecule has 9 heavy (non-hydrogen) atoms. The van der Waals surface area contributed by atoms with Crippen molar-refractivity contribution in [1.82, 2.24) is 0 Å². The van der Waals surface area contributed by atoms with Gasteiger partial charge in [-0.15, -0.1) is 0 Å². The van der Waals surface area contributed by atoms with Crippen LogP contribution in [0.4, 0.5) is 0 Å². The van der Waals surface area contributed by atoms with Crippen molar-refractivity contribution in [2.24, 2.45) is 11.8 Å². The quantitative estimate of drug-likeness (QED) is 0.468. The first kappa shape index (κ1) is 9.00. The Kier molecular flexibility index (Phi) is 3.92. The second-order valence-corrected chi connectivity index (χ2v) is 3.38. The smallest absolute Gasteiger partial charge is 0.0440 e. The third kappa shape index (κ3) is 2.88. The highest BCUT2D eigenvalue weighted by Crippen LogP contribution is 2.27. The highest BCUT2D eigenvalue weighted by Gasteiger charge is 2.13. The molecule has 1 saturated carbocycles. The molecule has 0 aromatic rings. The monoisotopic (exact) mass is 128 g/mol. The van der Waals surface area contributed by atoms with E-state index in [0.29, 0.717) is 0 Å². The van der Waals surface area contributed by atoms with Crippen LogP contribution in [0.1, 0.15) is 47.0 Å². The van der Waals surface area contributed by atoms with E-state index in [0.717, 1.165) is 11.8 Å². The molecule has 0 aliphatic heterocycles. The summed E-state index contributed by atoms with van der Waals surface area (Å²) in [5, 5.41) is 0. The lowest BCUT2D eigenvalue weighted by atomic mass is 9.84. The molecule has 0 nitrogen and oxygen atoms in total. The van der Waals surface area contributed by atoms with E-state index >= 15 is 0 Å². The van der Waals surface area contributed by atoms with Crippen LogP contribution >= 0.6 is 0 Å². The normalized spacial score (nSPS) is 35.3. The topological polar surface area (TPSA) is 0 Å². The van der Waals surface area contributed by atoms with Crippen molar-refractivity contribution in [3.05, 3.63) is 0 Å². The maximum absolute atomic E-state index is 2.37. The molecule has 1 aliphatic rings. The number of hydrogen-bond acceptors (Lipinski definition) is 0. The van der Waals surface area contributed by atoms with E-state index in [2.05, 4.69) is 13.8 Å².